The van der Waals surface area contributed by atoms with Crippen LogP contribution >= 0.6 is 0 Å². The lowest BCUT2D eigenvalue weighted by molar-refractivity contribution is 0.0483. The smallest absolute Gasteiger partial charge is 0.338 e. The van der Waals surface area contributed by atoms with Gasteiger partial charge in [-0.15, -0.1) is 0 Å². The van der Waals surface area contributed by atoms with Crippen molar-refractivity contribution in [3.05, 3.63) is 35.4 Å². The van der Waals surface area contributed by atoms with Gasteiger partial charge in [-0.2, -0.15) is 0 Å². The fourth-order valence-electron chi connectivity index (χ4n) is 3.18. The first-order valence-corrected chi connectivity index (χ1v) is 11.6. The van der Waals surface area contributed by atoms with E-state index < -0.39 is 0 Å². The third kappa shape index (κ3) is 12.4. The maximum Gasteiger partial charge on any atom is 0.338 e. The molecule has 0 aliphatic carbocycles. The number of esters is 2. The van der Waals surface area contributed by atoms with Gasteiger partial charge in [-0.05, 0) is 37.1 Å². The molecule has 0 spiro atoms. The number of benzene rings is 1. The molecule has 4 heteroatoms. The molecule has 29 heavy (non-hydrogen) atoms. The molecule has 0 aromatic heterocycles. The zero-order chi connectivity index (χ0) is 21.2. The maximum atomic E-state index is 12.1. The molecule has 1 rings (SSSR count). The van der Waals surface area contributed by atoms with Crippen LogP contribution in [-0.2, 0) is 9.47 Å². The Balaban J connectivity index is 2.17. The van der Waals surface area contributed by atoms with Gasteiger partial charge in [0.1, 0.15) is 0 Å². The van der Waals surface area contributed by atoms with E-state index in [2.05, 4.69) is 13.8 Å². The van der Waals surface area contributed by atoms with Gasteiger partial charge in [0, 0.05) is 0 Å². The number of carbonyl (C=O) groups excluding carboxylic acids is 2. The first-order valence-electron chi connectivity index (χ1n) is 11.6. The molecule has 4 nitrogen and oxygen atoms in total. The normalized spacial score (nSPS) is 10.7. The summed E-state index contributed by atoms with van der Waals surface area (Å²) < 4.78 is 10.6. The van der Waals surface area contributed by atoms with Crippen molar-refractivity contribution in [3.63, 3.8) is 0 Å². The number of rotatable bonds is 17. The average molecular weight is 405 g/mol. The number of ether oxygens (including phenoxy) is 2. The summed E-state index contributed by atoms with van der Waals surface area (Å²) in [5.74, 6) is -0.664. The van der Waals surface area contributed by atoms with Crippen LogP contribution in [0.5, 0.6) is 0 Å². The molecule has 0 saturated carbocycles. The molecule has 0 radical (unpaired) electrons. The Hall–Kier alpha value is -1.84. The Kier molecular flexibility index (Phi) is 14.8. The standard InChI is InChI=1S/C25H40O4/c1-3-5-7-9-10-11-13-15-21-29-25(27)23-18-16-22(17-19-23)24(26)28-20-14-12-8-6-4-2/h16-19H,3-15,20-21H2,1-2H3. The van der Waals surface area contributed by atoms with Crippen molar-refractivity contribution in [3.8, 4) is 0 Å². The van der Waals surface area contributed by atoms with E-state index in [4.69, 9.17) is 9.47 Å². The fraction of sp³-hybridized carbons (Fsp3) is 0.680. The van der Waals surface area contributed by atoms with E-state index in [-0.39, 0.29) is 11.9 Å². The van der Waals surface area contributed by atoms with Crippen molar-refractivity contribution in [1.82, 2.24) is 0 Å². The number of hydrogen-bond acceptors (Lipinski definition) is 4. The van der Waals surface area contributed by atoms with Crippen LogP contribution in [0.4, 0.5) is 0 Å². The van der Waals surface area contributed by atoms with Crippen LogP contribution in [0.3, 0.4) is 0 Å². The molecule has 0 bridgehead atoms. The van der Waals surface area contributed by atoms with E-state index in [9.17, 15) is 9.59 Å². The van der Waals surface area contributed by atoms with Gasteiger partial charge in [-0.3, -0.25) is 0 Å². The van der Waals surface area contributed by atoms with Crippen LogP contribution in [-0.4, -0.2) is 25.2 Å². The molecule has 1 aromatic carbocycles. The molecule has 0 N–H and O–H groups in total. The predicted molar refractivity (Wildman–Crippen MR) is 118 cm³/mol. The number of carbonyl (C=O) groups is 2. The van der Waals surface area contributed by atoms with Gasteiger partial charge in [0.2, 0.25) is 0 Å². The molecule has 1 aromatic rings. The van der Waals surface area contributed by atoms with Crippen molar-refractivity contribution >= 4 is 11.9 Å². The molecule has 0 amide bonds. The molecule has 0 aliphatic rings. The minimum absolute atomic E-state index is 0.330. The average Bonchev–Trinajstić information content (AvgIpc) is 2.74. The Morgan fingerprint density at radius 2 is 0.862 bits per heavy atom. The lowest BCUT2D eigenvalue weighted by Crippen LogP contribution is -2.09. The first kappa shape index (κ1) is 25.2. The van der Waals surface area contributed by atoms with Crippen molar-refractivity contribution in [2.24, 2.45) is 0 Å². The van der Waals surface area contributed by atoms with Crippen molar-refractivity contribution in [1.29, 1.82) is 0 Å². The highest BCUT2D eigenvalue weighted by Gasteiger charge is 2.10. The third-order valence-corrected chi connectivity index (χ3v) is 5.07. The summed E-state index contributed by atoms with van der Waals surface area (Å²) >= 11 is 0. The maximum absolute atomic E-state index is 12.1. The summed E-state index contributed by atoms with van der Waals surface area (Å²) in [7, 11) is 0. The molecular formula is C25H40O4. The topological polar surface area (TPSA) is 52.6 Å². The lowest BCUT2D eigenvalue weighted by atomic mass is 10.1. The number of unbranched alkanes of at least 4 members (excludes halogenated alkanes) is 11. The Labute approximate surface area is 177 Å². The summed E-state index contributed by atoms with van der Waals surface area (Å²) in [6.45, 7) is 5.31. The highest BCUT2D eigenvalue weighted by molar-refractivity contribution is 5.93. The largest absolute Gasteiger partial charge is 0.462 e. The van der Waals surface area contributed by atoms with Crippen LogP contribution in [0.25, 0.3) is 0 Å². The monoisotopic (exact) mass is 404 g/mol. The van der Waals surface area contributed by atoms with Crippen molar-refractivity contribution in [2.75, 3.05) is 13.2 Å². The van der Waals surface area contributed by atoms with Gasteiger partial charge in [0.15, 0.2) is 0 Å². The minimum Gasteiger partial charge on any atom is -0.462 e. The summed E-state index contributed by atoms with van der Waals surface area (Å²) in [6.07, 6.45) is 15.3. The Bertz CT molecular complexity index is 550. The summed E-state index contributed by atoms with van der Waals surface area (Å²) in [6, 6.07) is 6.53. The summed E-state index contributed by atoms with van der Waals surface area (Å²) in [5.41, 5.74) is 0.943. The van der Waals surface area contributed by atoms with E-state index in [0.29, 0.717) is 24.3 Å². The SMILES string of the molecule is CCCCCCCCCCOC(=O)c1ccc(C(=O)OCCCCCCC)cc1. The third-order valence-electron chi connectivity index (χ3n) is 5.07. The van der Waals surface area contributed by atoms with Crippen LogP contribution in [0, 0.1) is 0 Å². The summed E-state index contributed by atoms with van der Waals surface area (Å²) in [4.78, 5) is 24.1. The molecule has 0 atom stereocenters. The lowest BCUT2D eigenvalue weighted by Gasteiger charge is -2.07. The second-order valence-electron chi connectivity index (χ2n) is 7.74. The summed E-state index contributed by atoms with van der Waals surface area (Å²) in [5, 5.41) is 0. The van der Waals surface area contributed by atoms with Crippen LogP contribution in [0.15, 0.2) is 24.3 Å². The highest BCUT2D eigenvalue weighted by atomic mass is 16.5. The predicted octanol–water partition coefficient (Wildman–Crippen LogP) is 7.11. The fourth-order valence-corrected chi connectivity index (χ4v) is 3.18. The Morgan fingerprint density at radius 3 is 1.21 bits per heavy atom. The molecular weight excluding hydrogens is 364 g/mol. The molecule has 0 aliphatic heterocycles. The quantitative estimate of drug-likeness (QED) is 0.205. The second-order valence-corrected chi connectivity index (χ2v) is 7.74. The van der Waals surface area contributed by atoms with Gasteiger partial charge in [0.25, 0.3) is 0 Å². The van der Waals surface area contributed by atoms with Crippen molar-refractivity contribution in [2.45, 2.75) is 97.3 Å². The van der Waals surface area contributed by atoms with E-state index in [1.165, 1.54) is 57.8 Å². The van der Waals surface area contributed by atoms with Gasteiger partial charge in [0.05, 0.1) is 24.3 Å². The Morgan fingerprint density at radius 1 is 0.552 bits per heavy atom. The van der Waals surface area contributed by atoms with Gasteiger partial charge in [-0.1, -0.05) is 84.5 Å². The van der Waals surface area contributed by atoms with Crippen LogP contribution in [0.1, 0.15) is 118 Å². The molecule has 0 saturated heterocycles. The molecule has 0 unspecified atom stereocenters. The number of hydrogen-bond donors (Lipinski definition) is 0. The zero-order valence-corrected chi connectivity index (χ0v) is 18.5. The molecule has 164 valence electrons. The van der Waals surface area contributed by atoms with E-state index in [1.807, 2.05) is 0 Å². The van der Waals surface area contributed by atoms with E-state index in [1.54, 1.807) is 24.3 Å². The van der Waals surface area contributed by atoms with E-state index >= 15 is 0 Å². The van der Waals surface area contributed by atoms with Gasteiger partial charge in [-0.25, -0.2) is 9.59 Å². The van der Waals surface area contributed by atoms with E-state index in [0.717, 1.165) is 25.7 Å². The van der Waals surface area contributed by atoms with Crippen LogP contribution < -0.4 is 0 Å². The van der Waals surface area contributed by atoms with Gasteiger partial charge < -0.3 is 9.47 Å². The molecule has 0 fully saturated rings. The molecule has 0 heterocycles. The highest BCUT2D eigenvalue weighted by Crippen LogP contribution is 2.11. The van der Waals surface area contributed by atoms with Crippen molar-refractivity contribution < 1.29 is 19.1 Å². The van der Waals surface area contributed by atoms with Gasteiger partial charge >= 0.3 is 11.9 Å². The zero-order valence-electron chi connectivity index (χ0n) is 18.5. The van der Waals surface area contributed by atoms with Crippen LogP contribution in [0.2, 0.25) is 0 Å². The second kappa shape index (κ2) is 17.1. The first-order chi connectivity index (χ1) is 14.2. The minimum atomic E-state index is -0.334.